The van der Waals surface area contributed by atoms with Crippen molar-refractivity contribution < 1.29 is 0 Å². The Hall–Kier alpha value is -1.92. The predicted molar refractivity (Wildman–Crippen MR) is 99.6 cm³/mol. The van der Waals surface area contributed by atoms with Crippen molar-refractivity contribution in [1.29, 1.82) is 0 Å². The molecule has 4 rings (SSSR count). The zero-order valence-electron chi connectivity index (χ0n) is 12.5. The molecule has 0 atom stereocenters. The quantitative estimate of drug-likeness (QED) is 0.662. The number of hydrogen-bond donors (Lipinski definition) is 0. The van der Waals surface area contributed by atoms with Gasteiger partial charge in [0.15, 0.2) is 5.82 Å². The number of benzene rings is 2. The van der Waals surface area contributed by atoms with E-state index in [0.717, 1.165) is 33.6 Å². The molecule has 0 aliphatic carbocycles. The monoisotopic (exact) mass is 386 g/mol. The molecule has 0 radical (unpaired) electrons. The van der Waals surface area contributed by atoms with Crippen LogP contribution in [0.3, 0.4) is 0 Å². The van der Waals surface area contributed by atoms with Crippen LogP contribution >= 0.6 is 28.7 Å². The standard InChI is InChI=1S/C17H14N4S.BrH/c1-12-6-5-9-14(10-12)16-18-19-17-21(16)20-15(11-22-17)13-7-3-2-4-8-13;/h2-10H,11H2,1H3;1H. The van der Waals surface area contributed by atoms with Crippen molar-refractivity contribution in [3.63, 3.8) is 0 Å². The summed E-state index contributed by atoms with van der Waals surface area (Å²) in [6, 6.07) is 18.5. The molecule has 2 heterocycles. The molecule has 116 valence electrons. The van der Waals surface area contributed by atoms with Crippen molar-refractivity contribution in [3.8, 4) is 11.4 Å². The van der Waals surface area contributed by atoms with Gasteiger partial charge in [-0.25, -0.2) is 0 Å². The molecule has 1 aromatic heterocycles. The lowest BCUT2D eigenvalue weighted by Gasteiger charge is -2.14. The van der Waals surface area contributed by atoms with Gasteiger partial charge in [-0.1, -0.05) is 65.9 Å². The van der Waals surface area contributed by atoms with Gasteiger partial charge in [0.05, 0.1) is 5.71 Å². The normalized spacial score (nSPS) is 13.0. The molecule has 23 heavy (non-hydrogen) atoms. The van der Waals surface area contributed by atoms with Crippen LogP contribution in [0.15, 0.2) is 64.9 Å². The van der Waals surface area contributed by atoms with Gasteiger partial charge in [0.25, 0.3) is 0 Å². The Balaban J connectivity index is 0.00000156. The van der Waals surface area contributed by atoms with E-state index in [2.05, 4.69) is 41.4 Å². The summed E-state index contributed by atoms with van der Waals surface area (Å²) in [5.41, 5.74) is 4.43. The number of thioether (sulfide) groups is 1. The molecular weight excluding hydrogens is 372 g/mol. The van der Waals surface area contributed by atoms with Crippen LogP contribution in [0.25, 0.3) is 11.4 Å². The van der Waals surface area contributed by atoms with E-state index < -0.39 is 0 Å². The number of hydrogen-bond acceptors (Lipinski definition) is 4. The fourth-order valence-electron chi connectivity index (χ4n) is 2.46. The molecule has 1 aliphatic heterocycles. The van der Waals surface area contributed by atoms with Gasteiger partial charge in [0.2, 0.25) is 5.16 Å². The minimum atomic E-state index is 0. The van der Waals surface area contributed by atoms with Crippen LogP contribution in [0.4, 0.5) is 0 Å². The summed E-state index contributed by atoms with van der Waals surface area (Å²) >= 11 is 1.67. The number of rotatable bonds is 2. The van der Waals surface area contributed by atoms with Crippen molar-refractivity contribution in [3.05, 3.63) is 65.7 Å². The average Bonchev–Trinajstić information content (AvgIpc) is 2.99. The number of nitrogens with zero attached hydrogens (tertiary/aromatic N) is 4. The number of fused-ring (bicyclic) bond motifs is 1. The highest BCUT2D eigenvalue weighted by Gasteiger charge is 2.20. The third kappa shape index (κ3) is 3.09. The molecule has 0 bridgehead atoms. The van der Waals surface area contributed by atoms with Crippen LogP contribution in [0.5, 0.6) is 0 Å². The summed E-state index contributed by atoms with van der Waals surface area (Å²) in [4.78, 5) is 0. The van der Waals surface area contributed by atoms with Crippen LogP contribution in [0, 0.1) is 6.92 Å². The third-order valence-corrected chi connectivity index (χ3v) is 4.48. The summed E-state index contributed by atoms with van der Waals surface area (Å²) in [5.74, 6) is 1.61. The highest BCUT2D eigenvalue weighted by molar-refractivity contribution is 8.93. The summed E-state index contributed by atoms with van der Waals surface area (Å²) in [6.07, 6.45) is 0. The highest BCUT2D eigenvalue weighted by Crippen LogP contribution is 2.28. The zero-order chi connectivity index (χ0) is 14.9. The molecule has 0 fully saturated rings. The fraction of sp³-hybridized carbons (Fsp3) is 0.118. The third-order valence-electron chi connectivity index (χ3n) is 3.55. The molecule has 3 aromatic rings. The van der Waals surface area contributed by atoms with Crippen LogP contribution < -0.4 is 0 Å². The summed E-state index contributed by atoms with van der Waals surface area (Å²) in [5, 5.41) is 14.2. The molecule has 1 aliphatic rings. The van der Waals surface area contributed by atoms with Gasteiger partial charge in [0, 0.05) is 11.3 Å². The molecule has 0 saturated heterocycles. The van der Waals surface area contributed by atoms with Gasteiger partial charge in [-0.05, 0) is 18.6 Å². The fourth-order valence-corrected chi connectivity index (χ4v) is 3.30. The van der Waals surface area contributed by atoms with E-state index in [1.54, 1.807) is 11.8 Å². The lowest BCUT2D eigenvalue weighted by Crippen LogP contribution is -2.13. The van der Waals surface area contributed by atoms with Gasteiger partial charge < -0.3 is 0 Å². The van der Waals surface area contributed by atoms with Gasteiger partial charge >= 0.3 is 0 Å². The maximum atomic E-state index is 4.77. The van der Waals surface area contributed by atoms with Gasteiger partial charge in [0.1, 0.15) is 0 Å². The minimum absolute atomic E-state index is 0. The second kappa shape index (κ2) is 6.68. The molecule has 0 unspecified atom stereocenters. The van der Waals surface area contributed by atoms with Gasteiger partial charge in [-0.2, -0.15) is 9.78 Å². The van der Waals surface area contributed by atoms with Crippen molar-refractivity contribution in [2.75, 3.05) is 5.75 Å². The molecule has 0 saturated carbocycles. The average molecular weight is 387 g/mol. The lowest BCUT2D eigenvalue weighted by atomic mass is 10.1. The predicted octanol–water partition coefficient (Wildman–Crippen LogP) is 4.19. The molecule has 6 heteroatoms. The van der Waals surface area contributed by atoms with E-state index in [9.17, 15) is 0 Å². The second-order valence-electron chi connectivity index (χ2n) is 5.19. The second-order valence-corrected chi connectivity index (χ2v) is 6.13. The first-order valence-corrected chi connectivity index (χ1v) is 8.08. The van der Waals surface area contributed by atoms with Gasteiger partial charge in [-0.3, -0.25) is 0 Å². The zero-order valence-corrected chi connectivity index (χ0v) is 15.0. The molecule has 0 amide bonds. The first kappa shape index (κ1) is 16.0. The maximum Gasteiger partial charge on any atom is 0.212 e. The Morgan fingerprint density at radius 2 is 1.74 bits per heavy atom. The Kier molecular flexibility index (Phi) is 4.63. The van der Waals surface area contributed by atoms with Crippen LogP contribution in [-0.2, 0) is 0 Å². The van der Waals surface area contributed by atoms with Crippen molar-refractivity contribution in [2.45, 2.75) is 12.1 Å². The maximum absolute atomic E-state index is 4.77. The van der Waals surface area contributed by atoms with Crippen LogP contribution in [0.2, 0.25) is 0 Å². The Bertz CT molecular complexity index is 858. The van der Waals surface area contributed by atoms with Crippen molar-refractivity contribution in [1.82, 2.24) is 14.9 Å². The Morgan fingerprint density at radius 3 is 2.52 bits per heavy atom. The van der Waals surface area contributed by atoms with Crippen LogP contribution in [-0.4, -0.2) is 26.3 Å². The van der Waals surface area contributed by atoms with Crippen LogP contribution in [0.1, 0.15) is 11.1 Å². The Morgan fingerprint density at radius 1 is 0.957 bits per heavy atom. The SMILES string of the molecule is Br.Cc1cccc(-c2nnc3n2N=C(c2ccccc2)CS3)c1. The van der Waals surface area contributed by atoms with E-state index in [-0.39, 0.29) is 17.0 Å². The van der Waals surface area contributed by atoms with E-state index >= 15 is 0 Å². The highest BCUT2D eigenvalue weighted by atomic mass is 79.9. The molecular formula is C17H15BrN4S. The van der Waals surface area contributed by atoms with Crippen molar-refractivity contribution in [2.24, 2.45) is 5.10 Å². The Labute approximate surface area is 149 Å². The lowest BCUT2D eigenvalue weighted by molar-refractivity contribution is 0.762. The van der Waals surface area contributed by atoms with Gasteiger partial charge in [-0.15, -0.1) is 27.2 Å². The van der Waals surface area contributed by atoms with E-state index in [0.29, 0.717) is 0 Å². The van der Waals surface area contributed by atoms with E-state index in [1.165, 1.54) is 5.56 Å². The topological polar surface area (TPSA) is 43.1 Å². The summed E-state index contributed by atoms with van der Waals surface area (Å²) < 4.78 is 1.85. The number of halogens is 1. The summed E-state index contributed by atoms with van der Waals surface area (Å²) in [7, 11) is 0. The largest absolute Gasteiger partial charge is 0.212 e. The molecule has 2 aromatic carbocycles. The molecule has 0 spiro atoms. The number of aryl methyl sites for hydroxylation is 1. The summed E-state index contributed by atoms with van der Waals surface area (Å²) in [6.45, 7) is 2.07. The van der Waals surface area contributed by atoms with E-state index in [1.807, 2.05) is 35.0 Å². The smallest absolute Gasteiger partial charge is 0.187 e. The number of aromatic nitrogens is 3. The molecule has 4 nitrogen and oxygen atoms in total. The van der Waals surface area contributed by atoms with E-state index in [4.69, 9.17) is 5.10 Å². The first-order chi connectivity index (χ1) is 10.8. The van der Waals surface area contributed by atoms with Crippen molar-refractivity contribution >= 4 is 34.5 Å². The first-order valence-electron chi connectivity index (χ1n) is 7.10. The molecule has 0 N–H and O–H groups in total. The minimum Gasteiger partial charge on any atom is -0.187 e.